The van der Waals surface area contributed by atoms with Crippen molar-refractivity contribution >= 4 is 45.8 Å². The Bertz CT molecular complexity index is 1290. The second-order valence-electron chi connectivity index (χ2n) is 6.45. The van der Waals surface area contributed by atoms with E-state index in [0.29, 0.717) is 28.3 Å². The molecule has 1 aromatic heterocycles. The van der Waals surface area contributed by atoms with Crippen molar-refractivity contribution in [1.29, 1.82) is 5.26 Å². The summed E-state index contributed by atoms with van der Waals surface area (Å²) in [5, 5.41) is 10.0. The highest BCUT2D eigenvalue weighted by atomic mass is 35.5. The smallest absolute Gasteiger partial charge is 0.155 e. The van der Waals surface area contributed by atoms with Crippen LogP contribution in [0.5, 0.6) is 17.2 Å². The summed E-state index contributed by atoms with van der Waals surface area (Å²) in [7, 11) is 0. The summed E-state index contributed by atoms with van der Waals surface area (Å²) in [5.74, 6) is 1.63. The first kappa shape index (κ1) is 21.2. The minimum atomic E-state index is 0.255. The molecule has 0 aliphatic rings. The molecule has 0 bridgehead atoms. The van der Waals surface area contributed by atoms with Gasteiger partial charge in [0.05, 0.1) is 33.7 Å². The number of aromatic nitrogens is 2. The van der Waals surface area contributed by atoms with E-state index in [9.17, 15) is 5.26 Å². The number of fused-ring (bicyclic) bond motifs is 1. The lowest BCUT2D eigenvalue weighted by Gasteiger charge is -2.12. The van der Waals surface area contributed by atoms with Crippen LogP contribution < -0.4 is 9.47 Å². The number of nitriles is 1. The normalized spacial score (nSPS) is 10.6. The summed E-state index contributed by atoms with van der Waals surface area (Å²) >= 11 is 17.8. The fraction of sp³-hybridized carbons (Fsp3) is 0.0870. The first-order valence-corrected chi connectivity index (χ1v) is 10.5. The number of hydrogen-bond acceptors (Lipinski definition) is 5. The molecule has 0 amide bonds. The highest BCUT2D eigenvalue weighted by molar-refractivity contribution is 6.32. The maximum Gasteiger partial charge on any atom is 0.155 e. The molecule has 4 aromatic rings. The Labute approximate surface area is 193 Å². The second-order valence-corrected chi connectivity index (χ2v) is 7.63. The van der Waals surface area contributed by atoms with Crippen molar-refractivity contribution in [3.05, 3.63) is 76.5 Å². The first-order valence-electron chi connectivity index (χ1n) is 9.20. The van der Waals surface area contributed by atoms with E-state index in [1.807, 2.05) is 42.5 Å². The molecule has 3 aromatic carbocycles. The molecule has 0 N–H and O–H groups in total. The standard InChI is InChI=1S/C23H14Cl3N3O2/c24-7-8-30-23-16(12-27)9-18(11-19(23)25)31-17-4-1-14(2-5-17)15-3-6-20-21(10-15)28-13-22(26)29-20/h1-6,9-11,13H,7-8H2. The third kappa shape index (κ3) is 4.83. The topological polar surface area (TPSA) is 68.0 Å². The van der Waals surface area contributed by atoms with E-state index in [4.69, 9.17) is 44.3 Å². The van der Waals surface area contributed by atoms with Crippen LogP contribution in [0.4, 0.5) is 0 Å². The number of alkyl halides is 1. The van der Waals surface area contributed by atoms with Crippen LogP contribution in [0, 0.1) is 11.3 Å². The zero-order chi connectivity index (χ0) is 21.8. The second kappa shape index (κ2) is 9.40. The van der Waals surface area contributed by atoms with E-state index in [1.165, 1.54) is 6.20 Å². The minimum Gasteiger partial charge on any atom is -0.489 e. The third-order valence-electron chi connectivity index (χ3n) is 4.40. The first-order chi connectivity index (χ1) is 15.1. The maximum atomic E-state index is 9.39. The van der Waals surface area contributed by atoms with Crippen molar-refractivity contribution in [2.24, 2.45) is 0 Å². The molecule has 0 radical (unpaired) electrons. The largest absolute Gasteiger partial charge is 0.489 e. The number of nitrogens with zero attached hydrogens (tertiary/aromatic N) is 3. The van der Waals surface area contributed by atoms with Gasteiger partial charge in [-0.05, 0) is 35.4 Å². The van der Waals surface area contributed by atoms with Gasteiger partial charge in [0.25, 0.3) is 0 Å². The van der Waals surface area contributed by atoms with Crippen LogP contribution >= 0.6 is 34.8 Å². The van der Waals surface area contributed by atoms with E-state index in [0.717, 1.165) is 22.2 Å². The molecule has 0 aliphatic heterocycles. The van der Waals surface area contributed by atoms with E-state index < -0.39 is 0 Å². The Hall–Kier alpha value is -3.04. The van der Waals surface area contributed by atoms with Crippen LogP contribution in [-0.4, -0.2) is 22.5 Å². The van der Waals surface area contributed by atoms with Gasteiger partial charge in [-0.1, -0.05) is 41.4 Å². The fourth-order valence-corrected chi connectivity index (χ4v) is 3.50. The van der Waals surface area contributed by atoms with Crippen molar-refractivity contribution in [3.8, 4) is 34.4 Å². The summed E-state index contributed by atoms with van der Waals surface area (Å²) in [6, 6.07) is 18.6. The van der Waals surface area contributed by atoms with Crippen molar-refractivity contribution in [3.63, 3.8) is 0 Å². The van der Waals surface area contributed by atoms with Gasteiger partial charge < -0.3 is 9.47 Å². The summed E-state index contributed by atoms with van der Waals surface area (Å²) in [6.45, 7) is 0.255. The van der Waals surface area contributed by atoms with Crippen molar-refractivity contribution < 1.29 is 9.47 Å². The SMILES string of the molecule is N#Cc1cc(Oc2ccc(-c3ccc4nc(Cl)cnc4c3)cc2)cc(Cl)c1OCCCl. The zero-order valence-electron chi connectivity index (χ0n) is 16.0. The lowest BCUT2D eigenvalue weighted by Crippen LogP contribution is -2.01. The van der Waals surface area contributed by atoms with Crippen molar-refractivity contribution in [2.45, 2.75) is 0 Å². The maximum absolute atomic E-state index is 9.39. The van der Waals surface area contributed by atoms with Gasteiger partial charge in [0.15, 0.2) is 5.75 Å². The Kier molecular flexibility index (Phi) is 6.43. The van der Waals surface area contributed by atoms with E-state index in [2.05, 4.69) is 16.0 Å². The molecule has 0 atom stereocenters. The van der Waals surface area contributed by atoms with Crippen LogP contribution in [0.3, 0.4) is 0 Å². The molecule has 1 heterocycles. The molecule has 5 nitrogen and oxygen atoms in total. The highest BCUT2D eigenvalue weighted by Crippen LogP contribution is 2.35. The van der Waals surface area contributed by atoms with Gasteiger partial charge in [-0.3, -0.25) is 4.98 Å². The van der Waals surface area contributed by atoms with Crippen LogP contribution in [0.15, 0.2) is 60.8 Å². The van der Waals surface area contributed by atoms with Crippen LogP contribution in [-0.2, 0) is 0 Å². The fourth-order valence-electron chi connectivity index (χ4n) is 3.02. The zero-order valence-corrected chi connectivity index (χ0v) is 18.2. The molecular weight excluding hydrogens is 457 g/mol. The van der Waals surface area contributed by atoms with Gasteiger partial charge in [-0.25, -0.2) is 4.98 Å². The van der Waals surface area contributed by atoms with Crippen molar-refractivity contribution in [2.75, 3.05) is 12.5 Å². The molecule has 0 saturated carbocycles. The van der Waals surface area contributed by atoms with Crippen LogP contribution in [0.25, 0.3) is 22.2 Å². The van der Waals surface area contributed by atoms with E-state index in [-0.39, 0.29) is 17.2 Å². The monoisotopic (exact) mass is 469 g/mol. The molecule has 4 rings (SSSR count). The van der Waals surface area contributed by atoms with Gasteiger partial charge in [0.1, 0.15) is 29.3 Å². The molecule has 154 valence electrons. The number of ether oxygens (including phenoxy) is 2. The molecule has 8 heteroatoms. The molecule has 0 saturated heterocycles. The number of benzene rings is 3. The summed E-state index contributed by atoms with van der Waals surface area (Å²) in [5.41, 5.74) is 3.76. The molecular formula is C23H14Cl3N3O2. The Morgan fingerprint density at radius 2 is 1.68 bits per heavy atom. The van der Waals surface area contributed by atoms with Gasteiger partial charge in [-0.2, -0.15) is 5.26 Å². The number of hydrogen-bond donors (Lipinski definition) is 0. The average molecular weight is 471 g/mol. The Balaban J connectivity index is 1.56. The lowest BCUT2D eigenvalue weighted by molar-refractivity contribution is 0.341. The van der Waals surface area contributed by atoms with Gasteiger partial charge in [0, 0.05) is 12.1 Å². The summed E-state index contributed by atoms with van der Waals surface area (Å²) < 4.78 is 11.3. The Morgan fingerprint density at radius 3 is 2.42 bits per heavy atom. The van der Waals surface area contributed by atoms with Gasteiger partial charge in [-0.15, -0.1) is 11.6 Å². The number of halogens is 3. The lowest BCUT2D eigenvalue weighted by atomic mass is 10.0. The van der Waals surface area contributed by atoms with E-state index >= 15 is 0 Å². The summed E-state index contributed by atoms with van der Waals surface area (Å²) in [6.07, 6.45) is 1.53. The van der Waals surface area contributed by atoms with Gasteiger partial charge >= 0.3 is 0 Å². The minimum absolute atomic E-state index is 0.255. The molecule has 0 spiro atoms. The molecule has 0 aliphatic carbocycles. The van der Waals surface area contributed by atoms with Crippen LogP contribution in [0.1, 0.15) is 5.56 Å². The highest BCUT2D eigenvalue weighted by Gasteiger charge is 2.13. The summed E-state index contributed by atoms with van der Waals surface area (Å²) in [4.78, 5) is 8.56. The van der Waals surface area contributed by atoms with Crippen LogP contribution in [0.2, 0.25) is 10.2 Å². The average Bonchev–Trinajstić information content (AvgIpc) is 2.78. The third-order valence-corrected chi connectivity index (χ3v) is 5.01. The Morgan fingerprint density at radius 1 is 0.903 bits per heavy atom. The quantitative estimate of drug-likeness (QED) is 0.287. The number of rotatable bonds is 6. The molecule has 0 fully saturated rings. The van der Waals surface area contributed by atoms with E-state index in [1.54, 1.807) is 12.1 Å². The molecule has 31 heavy (non-hydrogen) atoms. The predicted octanol–water partition coefficient (Wildman–Crippen LogP) is 6.89. The van der Waals surface area contributed by atoms with Crippen molar-refractivity contribution in [1.82, 2.24) is 9.97 Å². The van der Waals surface area contributed by atoms with Gasteiger partial charge in [0.2, 0.25) is 0 Å². The molecule has 0 unspecified atom stereocenters. The predicted molar refractivity (Wildman–Crippen MR) is 122 cm³/mol.